The normalized spacial score (nSPS) is 14.2. The second kappa shape index (κ2) is 15.8. The molecule has 0 amide bonds. The minimum atomic E-state index is -0.907. The van der Waals surface area contributed by atoms with E-state index in [1.54, 1.807) is 57.2 Å². The number of rotatable bonds is 12. The number of hydrogen-bond donors (Lipinski definition) is 0. The van der Waals surface area contributed by atoms with E-state index >= 15 is 0 Å². The van der Waals surface area contributed by atoms with Gasteiger partial charge in [-0.2, -0.15) is 0 Å². The number of ether oxygens (including phenoxy) is 5. The van der Waals surface area contributed by atoms with Crippen molar-refractivity contribution in [2.75, 3.05) is 26.9 Å². The van der Waals surface area contributed by atoms with Gasteiger partial charge in [0.05, 0.1) is 52.2 Å². The van der Waals surface area contributed by atoms with Crippen molar-refractivity contribution in [3.63, 3.8) is 0 Å². The van der Waals surface area contributed by atoms with E-state index in [0.717, 1.165) is 22.5 Å². The zero-order valence-electron chi connectivity index (χ0n) is 27.5. The topological polar surface area (TPSA) is 115 Å². The number of allylic oxidation sites excluding steroid dienone is 1. The van der Waals surface area contributed by atoms with E-state index < -0.39 is 18.0 Å². The van der Waals surface area contributed by atoms with Gasteiger partial charge in [-0.3, -0.25) is 9.36 Å². The van der Waals surface area contributed by atoms with E-state index in [1.807, 2.05) is 31.2 Å². The first-order valence-electron chi connectivity index (χ1n) is 15.4. The highest BCUT2D eigenvalue weighted by atomic mass is 35.5. The van der Waals surface area contributed by atoms with Crippen LogP contribution in [0.15, 0.2) is 75.7 Å². The van der Waals surface area contributed by atoms with E-state index in [1.165, 1.54) is 11.7 Å². The molecule has 2 heterocycles. The molecule has 256 valence electrons. The first kappa shape index (κ1) is 35.7. The molecule has 0 saturated carbocycles. The Morgan fingerprint density at radius 2 is 1.71 bits per heavy atom. The van der Waals surface area contributed by atoms with Crippen LogP contribution in [0.25, 0.3) is 6.08 Å². The summed E-state index contributed by atoms with van der Waals surface area (Å²) in [4.78, 5) is 44.3. The molecule has 10 nitrogen and oxygen atoms in total. The lowest BCUT2D eigenvalue weighted by Crippen LogP contribution is -2.40. The fraction of sp³-hybridized carbons (Fsp3) is 0.278. The van der Waals surface area contributed by atoms with E-state index in [2.05, 4.69) is 9.73 Å². The number of esters is 2. The summed E-state index contributed by atoms with van der Waals surface area (Å²) in [5, 5.41) is 0.575. The smallest absolute Gasteiger partial charge is 0.343 e. The molecule has 0 saturated heterocycles. The molecule has 1 aliphatic heterocycles. The molecule has 0 spiro atoms. The number of carbonyl (C=O) groups excluding carboxylic acids is 2. The molecule has 13 heteroatoms. The Bertz CT molecular complexity index is 2100. The van der Waals surface area contributed by atoms with Crippen LogP contribution in [0.2, 0.25) is 10.0 Å². The molecule has 49 heavy (non-hydrogen) atoms. The summed E-state index contributed by atoms with van der Waals surface area (Å²) in [5.74, 6) is -0.220. The Labute approximate surface area is 296 Å². The summed E-state index contributed by atoms with van der Waals surface area (Å²) < 4.78 is 29.3. The number of halogens is 2. The molecule has 1 aromatic heterocycles. The van der Waals surface area contributed by atoms with E-state index in [4.69, 9.17) is 42.1 Å². The van der Waals surface area contributed by atoms with Crippen molar-refractivity contribution in [2.24, 2.45) is 4.99 Å². The van der Waals surface area contributed by atoms with Gasteiger partial charge in [-0.15, -0.1) is 0 Å². The van der Waals surface area contributed by atoms with E-state index in [9.17, 15) is 14.4 Å². The number of benzene rings is 3. The summed E-state index contributed by atoms with van der Waals surface area (Å²) in [7, 11) is 1.26. The highest BCUT2D eigenvalue weighted by molar-refractivity contribution is 7.07. The van der Waals surface area contributed by atoms with Gasteiger partial charge < -0.3 is 23.7 Å². The Hall–Kier alpha value is -4.58. The van der Waals surface area contributed by atoms with E-state index in [0.29, 0.717) is 50.0 Å². The number of aryl methyl sites for hydroxylation is 1. The van der Waals surface area contributed by atoms with E-state index in [-0.39, 0.29) is 41.0 Å². The number of thiazole rings is 1. The predicted molar refractivity (Wildman–Crippen MR) is 187 cm³/mol. The molecule has 1 aliphatic rings. The second-order valence-electron chi connectivity index (χ2n) is 10.9. The maximum Gasteiger partial charge on any atom is 0.343 e. The molecular formula is C36H34Cl2N2O8S. The Morgan fingerprint density at radius 1 is 0.959 bits per heavy atom. The zero-order chi connectivity index (χ0) is 35.2. The first-order valence-corrected chi connectivity index (χ1v) is 16.9. The molecule has 5 rings (SSSR count). The van der Waals surface area contributed by atoms with Crippen molar-refractivity contribution in [3.8, 4) is 17.2 Å². The van der Waals surface area contributed by atoms with Gasteiger partial charge in [0.2, 0.25) is 0 Å². The average Bonchev–Trinajstić information content (AvgIpc) is 3.36. The Kier molecular flexibility index (Phi) is 11.5. The highest BCUT2D eigenvalue weighted by Crippen LogP contribution is 2.37. The van der Waals surface area contributed by atoms with Gasteiger partial charge in [-0.25, -0.2) is 14.6 Å². The number of hydrogen-bond acceptors (Lipinski definition) is 10. The van der Waals surface area contributed by atoms with Crippen molar-refractivity contribution in [1.82, 2.24) is 4.57 Å². The maximum absolute atomic E-state index is 14.2. The van der Waals surface area contributed by atoms with Crippen molar-refractivity contribution >= 4 is 52.6 Å². The molecular weight excluding hydrogens is 691 g/mol. The summed E-state index contributed by atoms with van der Waals surface area (Å²) in [6.45, 7) is 7.58. The van der Waals surface area contributed by atoms with Crippen LogP contribution in [-0.2, 0) is 25.7 Å². The van der Waals surface area contributed by atoms with Crippen LogP contribution in [0.5, 0.6) is 17.2 Å². The number of nitrogens with zero attached hydrogens (tertiary/aromatic N) is 2. The van der Waals surface area contributed by atoms with Crippen LogP contribution < -0.4 is 29.1 Å². The third-order valence-corrected chi connectivity index (χ3v) is 9.00. The summed E-state index contributed by atoms with van der Waals surface area (Å²) in [6, 6.07) is 15.3. The molecule has 0 radical (unpaired) electrons. The molecule has 4 aromatic rings. The largest absolute Gasteiger partial charge is 0.490 e. The monoisotopic (exact) mass is 724 g/mol. The quantitative estimate of drug-likeness (QED) is 0.165. The highest BCUT2D eigenvalue weighted by Gasteiger charge is 2.34. The summed E-state index contributed by atoms with van der Waals surface area (Å²) in [5.41, 5.74) is 3.42. The molecule has 0 bridgehead atoms. The fourth-order valence-electron chi connectivity index (χ4n) is 5.29. The summed E-state index contributed by atoms with van der Waals surface area (Å²) in [6.07, 6.45) is 1.67. The number of carbonyl (C=O) groups is 2. The SMILES string of the molecule is CCOC(=O)C1=C(C)N=c2s/c(=C\c3cc(Cl)c(OCc4cccc(C)c4)c(Cl)c3)c(=O)n2[C@@H]1c1ccc(OCC(=O)OC)c(OCC)c1. The lowest BCUT2D eigenvalue weighted by atomic mass is 9.95. The van der Waals surface area contributed by atoms with Gasteiger partial charge in [0.1, 0.15) is 6.61 Å². The standard InChI is InChI=1S/C36H34Cl2N2O8S/c1-6-45-28-17-24(11-12-27(28)47-19-30(41)44-5)32-31(35(43)46-7-2)21(4)39-36-40(32)34(42)29(49-36)16-23-14-25(37)33(26(38)15-23)48-18-22-10-8-9-20(3)13-22/h8-17,32H,6-7,18-19H2,1-5H3/b29-16-/t32-/m1/s1. The first-order chi connectivity index (χ1) is 23.5. The molecule has 0 N–H and O–H groups in total. The number of aromatic nitrogens is 1. The zero-order valence-corrected chi connectivity index (χ0v) is 29.8. The molecule has 0 aliphatic carbocycles. The maximum atomic E-state index is 14.2. The van der Waals surface area contributed by atoms with Gasteiger partial charge in [0.15, 0.2) is 28.7 Å². The predicted octanol–water partition coefficient (Wildman–Crippen LogP) is 5.94. The van der Waals surface area contributed by atoms with Crippen LogP contribution in [0, 0.1) is 6.92 Å². The summed E-state index contributed by atoms with van der Waals surface area (Å²) >= 11 is 14.4. The van der Waals surface area contributed by atoms with Crippen molar-refractivity contribution in [1.29, 1.82) is 0 Å². The van der Waals surface area contributed by atoms with Gasteiger partial charge in [0, 0.05) is 0 Å². The molecule has 0 fully saturated rings. The van der Waals surface area contributed by atoms with Crippen molar-refractivity contribution < 1.29 is 33.3 Å². The van der Waals surface area contributed by atoms with Gasteiger partial charge in [0.25, 0.3) is 5.56 Å². The molecule has 1 atom stereocenters. The third-order valence-electron chi connectivity index (χ3n) is 7.46. The van der Waals surface area contributed by atoms with Crippen molar-refractivity contribution in [2.45, 2.75) is 40.3 Å². The lowest BCUT2D eigenvalue weighted by Gasteiger charge is -2.25. The van der Waals surface area contributed by atoms with Gasteiger partial charge in [-0.1, -0.05) is 70.4 Å². The molecule has 3 aromatic carbocycles. The van der Waals surface area contributed by atoms with Gasteiger partial charge >= 0.3 is 11.9 Å². The third kappa shape index (κ3) is 8.01. The Morgan fingerprint density at radius 3 is 2.39 bits per heavy atom. The number of fused-ring (bicyclic) bond motifs is 1. The lowest BCUT2D eigenvalue weighted by molar-refractivity contribution is -0.143. The Balaban J connectivity index is 1.57. The minimum Gasteiger partial charge on any atom is -0.490 e. The number of methoxy groups -OCH3 is 1. The van der Waals surface area contributed by atoms with Crippen LogP contribution in [-0.4, -0.2) is 43.4 Å². The second-order valence-corrected chi connectivity index (χ2v) is 12.7. The minimum absolute atomic E-state index is 0.128. The van der Waals surface area contributed by atoms with Crippen molar-refractivity contribution in [3.05, 3.63) is 118 Å². The average molecular weight is 726 g/mol. The van der Waals surface area contributed by atoms with Crippen LogP contribution in [0.1, 0.15) is 49.1 Å². The van der Waals surface area contributed by atoms with Gasteiger partial charge in [-0.05, 0) is 74.7 Å². The fourth-order valence-corrected chi connectivity index (χ4v) is 6.95. The van der Waals surface area contributed by atoms with Crippen LogP contribution >= 0.6 is 34.5 Å². The molecule has 0 unspecified atom stereocenters. The van der Waals surface area contributed by atoms with Crippen LogP contribution in [0.4, 0.5) is 0 Å². The van der Waals surface area contributed by atoms with Crippen LogP contribution in [0.3, 0.4) is 0 Å².